The summed E-state index contributed by atoms with van der Waals surface area (Å²) in [6, 6.07) is 17.2. The molecule has 0 bridgehead atoms. The van der Waals surface area contributed by atoms with Gasteiger partial charge in [0.25, 0.3) is 0 Å². The number of sulfonamides is 1. The molecular weight excluding hydrogens is 556 g/mol. The molecule has 0 saturated carbocycles. The van der Waals surface area contributed by atoms with E-state index in [-0.39, 0.29) is 18.0 Å². The summed E-state index contributed by atoms with van der Waals surface area (Å²) in [6.45, 7) is 1.71. The van der Waals surface area contributed by atoms with Gasteiger partial charge in [-0.1, -0.05) is 12.1 Å². The summed E-state index contributed by atoms with van der Waals surface area (Å²) in [5.74, 6) is 3.18. The van der Waals surface area contributed by atoms with Crippen LogP contribution in [0.5, 0.6) is 23.0 Å². The molecule has 2 aliphatic rings. The first-order valence-corrected chi connectivity index (χ1v) is 15.0. The summed E-state index contributed by atoms with van der Waals surface area (Å²) in [6.07, 6.45) is 6.32. The largest absolute Gasteiger partial charge is 0.493 e. The average molecular weight is 588 g/mol. The molecular formula is C31H31N4O6S+. The summed E-state index contributed by atoms with van der Waals surface area (Å²) in [5, 5.41) is 3.62. The summed E-state index contributed by atoms with van der Waals surface area (Å²) >= 11 is 0. The van der Waals surface area contributed by atoms with E-state index in [4.69, 9.17) is 24.7 Å². The number of ether oxygens (including phenoxy) is 4. The van der Waals surface area contributed by atoms with Crippen molar-refractivity contribution in [2.45, 2.75) is 17.9 Å². The number of fused-ring (bicyclic) bond motifs is 6. The van der Waals surface area contributed by atoms with E-state index in [9.17, 15) is 8.42 Å². The number of nitrogens with two attached hydrogens (primary N) is 1. The number of benzene rings is 3. The normalized spacial score (nSPS) is 13.2. The average Bonchev–Trinajstić information content (AvgIpc) is 3.49. The van der Waals surface area contributed by atoms with Crippen LogP contribution in [0.15, 0.2) is 78.1 Å². The van der Waals surface area contributed by atoms with Gasteiger partial charge in [0.2, 0.25) is 22.5 Å². The number of rotatable bonds is 6. The van der Waals surface area contributed by atoms with Crippen LogP contribution in [0.4, 0.5) is 0 Å². The summed E-state index contributed by atoms with van der Waals surface area (Å²) in [7, 11) is -0.168. The van der Waals surface area contributed by atoms with Crippen molar-refractivity contribution in [1.82, 2.24) is 9.71 Å². The van der Waals surface area contributed by atoms with Crippen molar-refractivity contribution in [3.63, 3.8) is 0 Å². The van der Waals surface area contributed by atoms with E-state index in [2.05, 4.69) is 44.7 Å². The Bertz CT molecular complexity index is 1910. The topological polar surface area (TPSA) is 126 Å². The van der Waals surface area contributed by atoms with Crippen LogP contribution < -0.4 is 34.0 Å². The molecule has 4 heterocycles. The first-order chi connectivity index (χ1) is 20.4. The van der Waals surface area contributed by atoms with E-state index < -0.39 is 10.0 Å². The quantitative estimate of drug-likeness (QED) is 0.289. The summed E-state index contributed by atoms with van der Waals surface area (Å²) in [5.41, 5.74) is 8.97. The molecule has 0 saturated heterocycles. The molecule has 2 aliphatic heterocycles. The number of nitrogens with zero attached hydrogens (tertiary/aromatic N) is 2. The fraction of sp³-hybridized carbons (Fsp3) is 0.226. The Labute approximate surface area is 243 Å². The molecule has 0 atom stereocenters. The van der Waals surface area contributed by atoms with Crippen molar-refractivity contribution in [3.8, 4) is 34.3 Å². The fourth-order valence-corrected chi connectivity index (χ4v) is 6.64. The van der Waals surface area contributed by atoms with Gasteiger partial charge in [-0.05, 0) is 47.3 Å². The molecule has 0 amide bonds. The number of aromatic nitrogens is 2. The van der Waals surface area contributed by atoms with Gasteiger partial charge in [0, 0.05) is 48.7 Å². The Balaban J connectivity index is 0.000000163. The maximum atomic E-state index is 12.0. The molecule has 0 spiro atoms. The number of methoxy groups -OCH3 is 2. The van der Waals surface area contributed by atoms with Gasteiger partial charge in [-0.15, -0.1) is 0 Å². The van der Waals surface area contributed by atoms with Crippen LogP contribution in [0.3, 0.4) is 0 Å². The molecule has 0 fully saturated rings. The lowest BCUT2D eigenvalue weighted by Crippen LogP contribution is -2.40. The van der Waals surface area contributed by atoms with Crippen LogP contribution in [0.1, 0.15) is 5.56 Å². The number of hydrogen-bond donors (Lipinski definition) is 2. The Morgan fingerprint density at radius 1 is 1.00 bits per heavy atom. The van der Waals surface area contributed by atoms with Gasteiger partial charge < -0.3 is 24.7 Å². The first-order valence-electron chi connectivity index (χ1n) is 13.5. The molecule has 3 aromatic carbocycles. The lowest BCUT2D eigenvalue weighted by molar-refractivity contribution is -0.686. The van der Waals surface area contributed by atoms with Crippen LogP contribution in [0.2, 0.25) is 0 Å². The van der Waals surface area contributed by atoms with Crippen molar-refractivity contribution in [2.75, 3.05) is 34.1 Å². The molecule has 0 unspecified atom stereocenters. The van der Waals surface area contributed by atoms with Crippen molar-refractivity contribution in [1.29, 1.82) is 0 Å². The molecule has 42 heavy (non-hydrogen) atoms. The van der Waals surface area contributed by atoms with Crippen molar-refractivity contribution < 1.29 is 31.9 Å². The standard InChI is InChI=1S/C20H18NO4.C11H13N3O2S/c1-22-17-4-3-12-7-16-14-9-19-18(24-11-25-19)8-13(14)5-6-21(16)10-15(12)20(17)23-2;12-5-7-14-17(15,16)11-3-1-2-9-8-13-6-4-10(9)11/h3-4,7-10H,5-6,11H2,1-2H3;1-4,6,8,14H,5,7,12H2/q+1;. The maximum Gasteiger partial charge on any atom is 0.241 e. The van der Waals surface area contributed by atoms with Crippen LogP contribution in [-0.4, -0.2) is 47.5 Å². The minimum absolute atomic E-state index is 0.226. The fourth-order valence-electron chi connectivity index (χ4n) is 5.37. The predicted octanol–water partition coefficient (Wildman–Crippen LogP) is 3.57. The zero-order chi connectivity index (χ0) is 29.3. The third kappa shape index (κ3) is 5.06. The molecule has 10 nitrogen and oxygen atoms in total. The number of pyridine rings is 2. The highest BCUT2D eigenvalue weighted by Crippen LogP contribution is 2.41. The van der Waals surface area contributed by atoms with Gasteiger partial charge in [-0.3, -0.25) is 4.98 Å². The third-order valence-corrected chi connectivity index (χ3v) is 8.89. The van der Waals surface area contributed by atoms with E-state index in [0.717, 1.165) is 52.1 Å². The van der Waals surface area contributed by atoms with E-state index in [1.807, 2.05) is 12.1 Å². The highest BCUT2D eigenvalue weighted by molar-refractivity contribution is 7.89. The Kier molecular flexibility index (Phi) is 7.55. The molecule has 0 radical (unpaired) electrons. The lowest BCUT2D eigenvalue weighted by atomic mass is 9.95. The maximum absolute atomic E-state index is 12.0. The van der Waals surface area contributed by atoms with Gasteiger partial charge >= 0.3 is 0 Å². The third-order valence-electron chi connectivity index (χ3n) is 7.37. The van der Waals surface area contributed by atoms with Gasteiger partial charge in [-0.2, -0.15) is 4.57 Å². The number of aryl methyl sites for hydroxylation is 2. The minimum Gasteiger partial charge on any atom is -0.493 e. The molecule has 2 aromatic heterocycles. The van der Waals surface area contributed by atoms with Crippen molar-refractivity contribution in [3.05, 3.63) is 78.8 Å². The number of nitrogens with one attached hydrogen (secondary N) is 1. The Morgan fingerprint density at radius 3 is 2.62 bits per heavy atom. The van der Waals surface area contributed by atoms with Gasteiger partial charge in [0.05, 0.1) is 30.1 Å². The van der Waals surface area contributed by atoms with Gasteiger partial charge in [0.15, 0.2) is 35.7 Å². The smallest absolute Gasteiger partial charge is 0.241 e. The Hall–Kier alpha value is -4.45. The minimum atomic E-state index is -3.51. The van der Waals surface area contributed by atoms with Gasteiger partial charge in [-0.25, -0.2) is 13.1 Å². The summed E-state index contributed by atoms with van der Waals surface area (Å²) in [4.78, 5) is 4.22. The monoisotopic (exact) mass is 587 g/mol. The van der Waals surface area contributed by atoms with E-state index in [1.54, 1.807) is 44.8 Å². The van der Waals surface area contributed by atoms with E-state index >= 15 is 0 Å². The summed E-state index contributed by atoms with van der Waals surface area (Å²) < 4.78 is 50.9. The van der Waals surface area contributed by atoms with E-state index in [1.165, 1.54) is 16.8 Å². The van der Waals surface area contributed by atoms with Gasteiger partial charge in [0.1, 0.15) is 0 Å². The SMILES string of the molecule is COc1ccc2cc3[n+](cc2c1OC)CCc1cc2c(cc1-3)OCO2.NCCNS(=O)(=O)c1cccc2cnccc12. The Morgan fingerprint density at radius 2 is 1.83 bits per heavy atom. The molecule has 5 aromatic rings. The molecule has 216 valence electrons. The van der Waals surface area contributed by atoms with Crippen LogP contribution in [-0.2, 0) is 23.0 Å². The van der Waals surface area contributed by atoms with Crippen LogP contribution >= 0.6 is 0 Å². The van der Waals surface area contributed by atoms with Crippen molar-refractivity contribution >= 4 is 31.6 Å². The molecule has 7 rings (SSSR count). The lowest BCUT2D eigenvalue weighted by Gasteiger charge is -2.17. The van der Waals surface area contributed by atoms with Crippen LogP contribution in [0.25, 0.3) is 32.8 Å². The van der Waals surface area contributed by atoms with E-state index in [0.29, 0.717) is 12.2 Å². The second-order valence-corrected chi connectivity index (χ2v) is 11.5. The number of hydrogen-bond acceptors (Lipinski definition) is 8. The van der Waals surface area contributed by atoms with Crippen molar-refractivity contribution in [2.24, 2.45) is 5.73 Å². The molecule has 11 heteroatoms. The second kappa shape index (κ2) is 11.4. The first kappa shape index (κ1) is 27.7. The molecule has 3 N–H and O–H groups in total. The molecule has 0 aliphatic carbocycles. The second-order valence-electron chi connectivity index (χ2n) is 9.81. The van der Waals surface area contributed by atoms with Crippen LogP contribution in [0, 0.1) is 0 Å². The zero-order valence-electron chi connectivity index (χ0n) is 23.3. The predicted molar refractivity (Wildman–Crippen MR) is 158 cm³/mol. The zero-order valence-corrected chi connectivity index (χ0v) is 24.1. The highest BCUT2D eigenvalue weighted by Gasteiger charge is 2.28. The highest BCUT2D eigenvalue weighted by atomic mass is 32.2.